The highest BCUT2D eigenvalue weighted by atomic mass is 16.7. The first-order chi connectivity index (χ1) is 17.7. The Morgan fingerprint density at radius 2 is 1.46 bits per heavy atom. The number of nitrogens with zero attached hydrogens (tertiary/aromatic N) is 1. The molecule has 0 heterocycles. The van der Waals surface area contributed by atoms with E-state index in [1.807, 2.05) is 26.0 Å². The highest BCUT2D eigenvalue weighted by Crippen LogP contribution is 2.40. The van der Waals surface area contributed by atoms with E-state index in [0.29, 0.717) is 23.5 Å². The standard InChI is InChI=1S/C27H35NO9/c1-18(2)8-11-22-24(35-16-31-4)13-21(14-25(22)36-17-32-5)10-9-20-12-23(28(29)30)27(26(15-20)34-7)37-19(3)33-6/h8-10,12-15,19H,11,16-17H2,1-7H3/b10-9+. The summed E-state index contributed by atoms with van der Waals surface area (Å²) in [7, 11) is 5.95. The Morgan fingerprint density at radius 3 is 1.92 bits per heavy atom. The average molecular weight is 518 g/mol. The van der Waals surface area contributed by atoms with E-state index in [4.69, 9.17) is 33.2 Å². The van der Waals surface area contributed by atoms with Crippen molar-refractivity contribution < 1.29 is 38.1 Å². The van der Waals surface area contributed by atoms with E-state index in [0.717, 1.165) is 16.7 Å². The van der Waals surface area contributed by atoms with Crippen LogP contribution in [0.2, 0.25) is 0 Å². The lowest BCUT2D eigenvalue weighted by Gasteiger charge is -2.17. The maximum Gasteiger partial charge on any atom is 0.315 e. The van der Waals surface area contributed by atoms with Crippen LogP contribution in [0.1, 0.15) is 37.5 Å². The number of allylic oxidation sites excluding steroid dienone is 2. The van der Waals surface area contributed by atoms with E-state index in [9.17, 15) is 10.1 Å². The number of methoxy groups -OCH3 is 4. The van der Waals surface area contributed by atoms with Crippen LogP contribution in [-0.2, 0) is 20.6 Å². The lowest BCUT2D eigenvalue weighted by molar-refractivity contribution is -0.386. The molecule has 2 rings (SSSR count). The molecule has 10 nitrogen and oxygen atoms in total. The van der Waals surface area contributed by atoms with E-state index in [1.54, 1.807) is 39.4 Å². The van der Waals surface area contributed by atoms with Crippen molar-refractivity contribution in [2.24, 2.45) is 0 Å². The van der Waals surface area contributed by atoms with Crippen molar-refractivity contribution >= 4 is 17.8 Å². The summed E-state index contributed by atoms with van der Waals surface area (Å²) < 4.78 is 37.9. The highest BCUT2D eigenvalue weighted by molar-refractivity contribution is 5.75. The number of rotatable bonds is 15. The molecule has 0 spiro atoms. The molecular weight excluding hydrogens is 482 g/mol. The molecule has 0 N–H and O–H groups in total. The zero-order chi connectivity index (χ0) is 27.4. The smallest absolute Gasteiger partial charge is 0.315 e. The van der Waals surface area contributed by atoms with Gasteiger partial charge >= 0.3 is 5.69 Å². The molecular formula is C27H35NO9. The van der Waals surface area contributed by atoms with Gasteiger partial charge in [0.2, 0.25) is 5.75 Å². The van der Waals surface area contributed by atoms with Gasteiger partial charge in [0.1, 0.15) is 11.5 Å². The zero-order valence-corrected chi connectivity index (χ0v) is 22.4. The van der Waals surface area contributed by atoms with Crippen molar-refractivity contribution in [3.63, 3.8) is 0 Å². The molecule has 1 unspecified atom stereocenters. The predicted molar refractivity (Wildman–Crippen MR) is 140 cm³/mol. The molecule has 2 aromatic rings. The lowest BCUT2D eigenvalue weighted by atomic mass is 10.0. The van der Waals surface area contributed by atoms with E-state index in [-0.39, 0.29) is 30.8 Å². The second-order valence-corrected chi connectivity index (χ2v) is 8.17. The van der Waals surface area contributed by atoms with Crippen molar-refractivity contribution in [3.8, 4) is 23.0 Å². The zero-order valence-electron chi connectivity index (χ0n) is 22.4. The molecule has 0 fully saturated rings. The second kappa shape index (κ2) is 14.8. The Balaban J connectivity index is 2.55. The molecule has 10 heteroatoms. The van der Waals surface area contributed by atoms with Crippen molar-refractivity contribution in [2.75, 3.05) is 42.0 Å². The molecule has 0 saturated heterocycles. The number of nitro benzene ring substituents is 1. The summed E-state index contributed by atoms with van der Waals surface area (Å²) in [5.74, 6) is 1.39. The maximum absolute atomic E-state index is 11.8. The van der Waals surface area contributed by atoms with Crippen LogP contribution in [0.3, 0.4) is 0 Å². The minimum Gasteiger partial charge on any atom is -0.493 e. The van der Waals surface area contributed by atoms with Gasteiger partial charge in [-0.05, 0) is 56.5 Å². The molecule has 0 aliphatic rings. The number of ether oxygens (including phenoxy) is 7. The number of benzene rings is 2. The van der Waals surface area contributed by atoms with Gasteiger partial charge in [0.05, 0.1) is 12.0 Å². The molecule has 0 bridgehead atoms. The normalized spacial score (nSPS) is 11.8. The van der Waals surface area contributed by atoms with Gasteiger partial charge in [-0.25, -0.2) is 0 Å². The van der Waals surface area contributed by atoms with Crippen LogP contribution >= 0.6 is 0 Å². The summed E-state index contributed by atoms with van der Waals surface area (Å²) in [6.07, 6.45) is 5.49. The number of nitro groups is 1. The van der Waals surface area contributed by atoms with Crippen LogP contribution < -0.4 is 18.9 Å². The summed E-state index contributed by atoms with van der Waals surface area (Å²) >= 11 is 0. The van der Waals surface area contributed by atoms with Gasteiger partial charge in [0.15, 0.2) is 25.6 Å². The molecule has 1 atom stereocenters. The van der Waals surface area contributed by atoms with Crippen LogP contribution in [0, 0.1) is 10.1 Å². The van der Waals surface area contributed by atoms with Gasteiger partial charge in [-0.1, -0.05) is 23.8 Å². The minimum atomic E-state index is -0.699. The van der Waals surface area contributed by atoms with Crippen molar-refractivity contribution in [2.45, 2.75) is 33.5 Å². The largest absolute Gasteiger partial charge is 0.493 e. The Kier molecular flexibility index (Phi) is 11.9. The third-order valence-electron chi connectivity index (χ3n) is 5.13. The predicted octanol–water partition coefficient (Wildman–Crippen LogP) is 5.62. The minimum absolute atomic E-state index is 0.00636. The fourth-order valence-corrected chi connectivity index (χ4v) is 3.26. The number of hydrogen-bond donors (Lipinski definition) is 0. The number of hydrogen-bond acceptors (Lipinski definition) is 9. The van der Waals surface area contributed by atoms with Crippen LogP contribution in [0.5, 0.6) is 23.0 Å². The Morgan fingerprint density at radius 1 is 0.919 bits per heavy atom. The average Bonchev–Trinajstić information content (AvgIpc) is 2.88. The van der Waals surface area contributed by atoms with E-state index < -0.39 is 11.2 Å². The van der Waals surface area contributed by atoms with Crippen LogP contribution in [0.15, 0.2) is 35.9 Å². The van der Waals surface area contributed by atoms with Gasteiger partial charge in [0.25, 0.3) is 0 Å². The summed E-state index contributed by atoms with van der Waals surface area (Å²) in [6, 6.07) is 6.76. The monoisotopic (exact) mass is 517 g/mol. The molecule has 2 aromatic carbocycles. The van der Waals surface area contributed by atoms with Gasteiger partial charge in [-0.3, -0.25) is 10.1 Å². The van der Waals surface area contributed by atoms with Gasteiger partial charge in [-0.2, -0.15) is 0 Å². The summed E-state index contributed by atoms with van der Waals surface area (Å²) in [4.78, 5) is 11.2. The summed E-state index contributed by atoms with van der Waals surface area (Å²) in [5, 5.41) is 11.8. The molecule has 0 saturated carbocycles. The maximum atomic E-state index is 11.8. The van der Waals surface area contributed by atoms with Gasteiger partial charge in [-0.15, -0.1) is 0 Å². The van der Waals surface area contributed by atoms with E-state index >= 15 is 0 Å². The fraction of sp³-hybridized carbons (Fsp3) is 0.407. The molecule has 0 aliphatic heterocycles. The third kappa shape index (κ3) is 8.78. The molecule has 0 radical (unpaired) electrons. The second-order valence-electron chi connectivity index (χ2n) is 8.17. The Labute approximate surface area is 217 Å². The van der Waals surface area contributed by atoms with Crippen molar-refractivity contribution in [1.82, 2.24) is 0 Å². The quantitative estimate of drug-likeness (QED) is 0.0978. The Bertz CT molecular complexity index is 1080. The molecule has 202 valence electrons. The van der Waals surface area contributed by atoms with Gasteiger partial charge < -0.3 is 33.2 Å². The first-order valence-corrected chi connectivity index (χ1v) is 11.5. The first-order valence-electron chi connectivity index (χ1n) is 11.5. The SMILES string of the molecule is COCOc1cc(/C=C/c2cc(OC)c(OC(C)OC)c([N+](=O)[O-])c2)cc(OCOC)c1CC=C(C)C. The van der Waals surface area contributed by atoms with Crippen LogP contribution in [0.4, 0.5) is 5.69 Å². The van der Waals surface area contributed by atoms with Gasteiger partial charge in [0, 0.05) is 33.0 Å². The lowest BCUT2D eigenvalue weighted by Crippen LogP contribution is -2.15. The third-order valence-corrected chi connectivity index (χ3v) is 5.13. The molecule has 37 heavy (non-hydrogen) atoms. The Hall–Kier alpha value is -3.60. The molecule has 0 aliphatic carbocycles. The molecule has 0 aromatic heterocycles. The first kappa shape index (κ1) is 29.6. The topological polar surface area (TPSA) is 108 Å². The van der Waals surface area contributed by atoms with Crippen molar-refractivity contribution in [1.29, 1.82) is 0 Å². The highest BCUT2D eigenvalue weighted by Gasteiger charge is 2.23. The van der Waals surface area contributed by atoms with Crippen LogP contribution in [0.25, 0.3) is 12.2 Å². The molecule has 0 amide bonds. The van der Waals surface area contributed by atoms with E-state index in [2.05, 4.69) is 6.08 Å². The van der Waals surface area contributed by atoms with Crippen molar-refractivity contribution in [3.05, 3.63) is 62.7 Å². The van der Waals surface area contributed by atoms with E-state index in [1.165, 1.54) is 20.3 Å². The van der Waals surface area contributed by atoms with Crippen LogP contribution in [-0.4, -0.2) is 53.2 Å². The summed E-state index contributed by atoms with van der Waals surface area (Å²) in [6.45, 7) is 5.78. The summed E-state index contributed by atoms with van der Waals surface area (Å²) in [5.41, 5.74) is 3.04. The fourth-order valence-electron chi connectivity index (χ4n) is 3.26.